The molecule has 4 nitrogen and oxygen atoms in total. The number of hydrogen-bond acceptors (Lipinski definition) is 3. The molecule has 1 amide bonds. The van der Waals surface area contributed by atoms with E-state index in [4.69, 9.17) is 0 Å². The van der Waals surface area contributed by atoms with Crippen LogP contribution in [0.5, 0.6) is 0 Å². The van der Waals surface area contributed by atoms with Crippen molar-refractivity contribution in [3.63, 3.8) is 0 Å². The van der Waals surface area contributed by atoms with Gasteiger partial charge in [-0.05, 0) is 29.1 Å². The van der Waals surface area contributed by atoms with E-state index in [0.717, 1.165) is 16.6 Å². The summed E-state index contributed by atoms with van der Waals surface area (Å²) in [5.41, 5.74) is 3.03. The first-order chi connectivity index (χ1) is 11.8. The van der Waals surface area contributed by atoms with E-state index in [1.807, 2.05) is 64.5 Å². The average molecular weight is 333 g/mol. The van der Waals surface area contributed by atoms with Gasteiger partial charge in [-0.3, -0.25) is 10.1 Å². The molecule has 0 bridgehead atoms. The van der Waals surface area contributed by atoms with Crippen LogP contribution in [0.25, 0.3) is 11.0 Å². The monoisotopic (exact) mass is 333 g/mol. The number of thiophene rings is 1. The Bertz CT molecular complexity index is 974. The van der Waals surface area contributed by atoms with Gasteiger partial charge in [-0.25, -0.2) is 4.98 Å². The van der Waals surface area contributed by atoms with Gasteiger partial charge < -0.3 is 4.57 Å². The Balaban J connectivity index is 1.74. The van der Waals surface area contributed by atoms with Gasteiger partial charge in [-0.15, -0.1) is 11.3 Å². The lowest BCUT2D eigenvalue weighted by atomic mass is 10.2. The van der Waals surface area contributed by atoms with E-state index in [9.17, 15) is 4.79 Å². The fourth-order valence-electron chi connectivity index (χ4n) is 2.67. The molecule has 0 saturated heterocycles. The molecule has 5 heteroatoms. The molecule has 0 aliphatic rings. The molecular weight excluding hydrogens is 318 g/mol. The van der Waals surface area contributed by atoms with Gasteiger partial charge in [0, 0.05) is 0 Å². The number of fused-ring (bicyclic) bond motifs is 1. The van der Waals surface area contributed by atoms with Gasteiger partial charge in [-0.2, -0.15) is 0 Å². The molecule has 0 aliphatic heterocycles. The van der Waals surface area contributed by atoms with Crippen LogP contribution in [0.1, 0.15) is 15.2 Å². The van der Waals surface area contributed by atoms with Crippen LogP contribution >= 0.6 is 11.3 Å². The minimum absolute atomic E-state index is 0.130. The first kappa shape index (κ1) is 14.7. The lowest BCUT2D eigenvalue weighted by molar-refractivity contribution is 0.102. The average Bonchev–Trinajstić information content (AvgIpc) is 3.25. The molecule has 0 spiro atoms. The lowest BCUT2D eigenvalue weighted by Gasteiger charge is -2.10. The van der Waals surface area contributed by atoms with Crippen LogP contribution in [0.15, 0.2) is 72.1 Å². The predicted molar refractivity (Wildman–Crippen MR) is 97.5 cm³/mol. The van der Waals surface area contributed by atoms with Gasteiger partial charge in [0.05, 0.1) is 22.5 Å². The first-order valence-electron chi connectivity index (χ1n) is 7.65. The number of carbonyl (C=O) groups excluding carboxylic acids is 1. The van der Waals surface area contributed by atoms with Crippen molar-refractivity contribution >= 4 is 34.2 Å². The third-order valence-electron chi connectivity index (χ3n) is 3.81. The first-order valence-corrected chi connectivity index (χ1v) is 8.53. The molecule has 0 atom stereocenters. The van der Waals surface area contributed by atoms with E-state index >= 15 is 0 Å². The predicted octanol–water partition coefficient (Wildman–Crippen LogP) is 4.40. The maximum absolute atomic E-state index is 12.4. The molecule has 0 radical (unpaired) electrons. The number of nitrogens with zero attached hydrogens (tertiary/aromatic N) is 2. The smallest absolute Gasteiger partial charge is 0.268 e. The molecule has 0 aliphatic carbocycles. The van der Waals surface area contributed by atoms with Gasteiger partial charge in [0.15, 0.2) is 0 Å². The highest BCUT2D eigenvalue weighted by atomic mass is 32.1. The number of para-hydroxylation sites is 2. The van der Waals surface area contributed by atoms with Gasteiger partial charge >= 0.3 is 0 Å². The minimum Gasteiger partial charge on any atom is -0.305 e. The van der Waals surface area contributed by atoms with Gasteiger partial charge in [0.1, 0.15) is 0 Å². The number of anilines is 1. The molecule has 0 fully saturated rings. The van der Waals surface area contributed by atoms with Crippen LogP contribution in [0.4, 0.5) is 5.95 Å². The molecule has 0 saturated carbocycles. The summed E-state index contributed by atoms with van der Waals surface area (Å²) in [6, 6.07) is 21.7. The largest absolute Gasteiger partial charge is 0.305 e. The number of hydrogen-bond donors (Lipinski definition) is 1. The number of benzene rings is 2. The quantitative estimate of drug-likeness (QED) is 0.602. The molecule has 4 rings (SSSR count). The summed E-state index contributed by atoms with van der Waals surface area (Å²) in [6.45, 7) is 0.654. The third-order valence-corrected chi connectivity index (χ3v) is 4.68. The van der Waals surface area contributed by atoms with Crippen LogP contribution in [0.2, 0.25) is 0 Å². The highest BCUT2D eigenvalue weighted by Crippen LogP contribution is 2.22. The highest BCUT2D eigenvalue weighted by Gasteiger charge is 2.15. The Hall–Kier alpha value is -2.92. The molecule has 118 valence electrons. The minimum atomic E-state index is -0.130. The van der Waals surface area contributed by atoms with Crippen molar-refractivity contribution < 1.29 is 4.79 Å². The van der Waals surface area contributed by atoms with Crippen molar-refractivity contribution in [1.29, 1.82) is 0 Å². The van der Waals surface area contributed by atoms with E-state index in [1.165, 1.54) is 11.3 Å². The summed E-state index contributed by atoms with van der Waals surface area (Å²) in [5.74, 6) is 0.438. The summed E-state index contributed by atoms with van der Waals surface area (Å²) in [7, 11) is 0. The zero-order valence-corrected chi connectivity index (χ0v) is 13.7. The standard InChI is InChI=1S/C19H15N3OS/c23-18(17-11-6-12-24-17)21-19-20-15-9-4-5-10-16(15)22(19)13-14-7-2-1-3-8-14/h1-12H,13H2,(H,20,21,23). The van der Waals surface area contributed by atoms with Crippen LogP contribution in [-0.2, 0) is 6.54 Å². The lowest BCUT2D eigenvalue weighted by Crippen LogP contribution is -2.15. The van der Waals surface area contributed by atoms with Crippen molar-refractivity contribution in [2.45, 2.75) is 6.54 Å². The fraction of sp³-hybridized carbons (Fsp3) is 0.0526. The molecule has 2 aromatic carbocycles. The SMILES string of the molecule is O=C(Nc1nc2ccccc2n1Cc1ccccc1)c1cccs1. The Morgan fingerprint density at radius 1 is 1.00 bits per heavy atom. The normalized spacial score (nSPS) is 10.8. The number of carbonyl (C=O) groups is 1. The van der Waals surface area contributed by atoms with Crippen molar-refractivity contribution in [3.8, 4) is 0 Å². The number of rotatable bonds is 4. The van der Waals surface area contributed by atoms with E-state index in [2.05, 4.69) is 22.4 Å². The molecular formula is C19H15N3OS. The maximum Gasteiger partial charge on any atom is 0.268 e. The zero-order valence-electron chi connectivity index (χ0n) is 12.8. The molecule has 4 aromatic rings. The Kier molecular flexibility index (Phi) is 3.84. The van der Waals surface area contributed by atoms with Gasteiger partial charge in [0.25, 0.3) is 5.91 Å². The Morgan fingerprint density at radius 3 is 2.58 bits per heavy atom. The third kappa shape index (κ3) is 2.81. The van der Waals surface area contributed by atoms with Crippen molar-refractivity contribution in [2.24, 2.45) is 0 Å². The van der Waals surface area contributed by atoms with Crippen LogP contribution in [0, 0.1) is 0 Å². The van der Waals surface area contributed by atoms with E-state index in [-0.39, 0.29) is 5.91 Å². The summed E-state index contributed by atoms with van der Waals surface area (Å²) in [5, 5.41) is 4.84. The number of nitrogens with one attached hydrogen (secondary N) is 1. The van der Waals surface area contributed by atoms with Gasteiger partial charge in [-0.1, -0.05) is 48.5 Å². The summed E-state index contributed by atoms with van der Waals surface area (Å²) in [6.07, 6.45) is 0. The summed E-state index contributed by atoms with van der Waals surface area (Å²) < 4.78 is 2.04. The molecule has 0 unspecified atom stereocenters. The number of imidazole rings is 1. The summed E-state index contributed by atoms with van der Waals surface area (Å²) in [4.78, 5) is 17.7. The van der Waals surface area contributed by atoms with Crippen molar-refractivity contribution in [3.05, 3.63) is 82.6 Å². The van der Waals surface area contributed by atoms with Crippen LogP contribution in [0.3, 0.4) is 0 Å². The van der Waals surface area contributed by atoms with Crippen molar-refractivity contribution in [2.75, 3.05) is 5.32 Å². The molecule has 1 N–H and O–H groups in total. The summed E-state index contributed by atoms with van der Waals surface area (Å²) >= 11 is 1.42. The second-order valence-corrected chi connectivity index (χ2v) is 6.37. The molecule has 24 heavy (non-hydrogen) atoms. The number of aromatic nitrogens is 2. The maximum atomic E-state index is 12.4. The topological polar surface area (TPSA) is 46.9 Å². The van der Waals surface area contributed by atoms with E-state index in [1.54, 1.807) is 0 Å². The second kappa shape index (κ2) is 6.29. The Morgan fingerprint density at radius 2 is 1.79 bits per heavy atom. The highest BCUT2D eigenvalue weighted by molar-refractivity contribution is 7.12. The van der Waals surface area contributed by atoms with Gasteiger partial charge in [0.2, 0.25) is 5.95 Å². The molecule has 2 heterocycles. The van der Waals surface area contributed by atoms with Crippen LogP contribution < -0.4 is 5.32 Å². The Labute approximate surface area is 143 Å². The fourth-order valence-corrected chi connectivity index (χ4v) is 3.29. The van der Waals surface area contributed by atoms with Crippen LogP contribution in [-0.4, -0.2) is 15.5 Å². The second-order valence-electron chi connectivity index (χ2n) is 5.43. The zero-order chi connectivity index (χ0) is 16.4. The molecule has 2 aromatic heterocycles. The van der Waals surface area contributed by atoms with Crippen molar-refractivity contribution in [1.82, 2.24) is 9.55 Å². The van der Waals surface area contributed by atoms with E-state index in [0.29, 0.717) is 17.4 Å². The van der Waals surface area contributed by atoms with E-state index < -0.39 is 0 Å². The number of amides is 1.